The van der Waals surface area contributed by atoms with Crippen molar-refractivity contribution >= 4 is 11.5 Å². The van der Waals surface area contributed by atoms with Crippen LogP contribution in [0.3, 0.4) is 0 Å². The van der Waals surface area contributed by atoms with Gasteiger partial charge in [-0.05, 0) is 58.9 Å². The van der Waals surface area contributed by atoms with E-state index >= 15 is 0 Å². The van der Waals surface area contributed by atoms with E-state index in [4.69, 9.17) is 23.7 Å². The van der Waals surface area contributed by atoms with Crippen LogP contribution < -0.4 is 4.74 Å². The molecule has 0 saturated carbocycles. The number of aromatic nitrogens is 1. The van der Waals surface area contributed by atoms with Gasteiger partial charge in [0.15, 0.2) is 0 Å². The number of rotatable bonds is 9. The molecule has 0 bridgehead atoms. The lowest BCUT2D eigenvalue weighted by Crippen LogP contribution is -2.27. The van der Waals surface area contributed by atoms with E-state index in [9.17, 15) is 9.18 Å². The molecule has 0 N–H and O–H groups in total. The van der Waals surface area contributed by atoms with Gasteiger partial charge in [0.05, 0.1) is 18.8 Å². The zero-order chi connectivity index (χ0) is 26.6. The molecule has 1 aromatic heterocycles. The second kappa shape index (κ2) is 11.4. The van der Waals surface area contributed by atoms with Crippen LogP contribution in [0.15, 0.2) is 83.4 Å². The van der Waals surface area contributed by atoms with Crippen LogP contribution in [0.1, 0.15) is 30.1 Å². The Morgan fingerprint density at radius 1 is 1.18 bits per heavy atom. The first-order chi connectivity index (χ1) is 18.5. The Kier molecular flexibility index (Phi) is 7.83. The number of methoxy groups -OCH3 is 3. The van der Waals surface area contributed by atoms with E-state index in [0.717, 1.165) is 33.4 Å². The van der Waals surface area contributed by atoms with Crippen molar-refractivity contribution in [1.82, 2.24) is 4.98 Å². The number of carbonyl (C=O) groups excluding carboxylic acids is 1. The van der Waals surface area contributed by atoms with Gasteiger partial charge in [-0.25, -0.2) is 4.39 Å². The molecule has 0 amide bonds. The Bertz CT molecular complexity index is 1330. The first-order valence-corrected chi connectivity index (χ1v) is 12.4. The summed E-state index contributed by atoms with van der Waals surface area (Å²) in [5.41, 5.74) is 6.73. The lowest BCUT2D eigenvalue weighted by Gasteiger charge is -2.28. The van der Waals surface area contributed by atoms with Gasteiger partial charge in [-0.15, -0.1) is 0 Å². The summed E-state index contributed by atoms with van der Waals surface area (Å²) in [5, 5.41) is 0. The summed E-state index contributed by atoms with van der Waals surface area (Å²) in [7, 11) is 4.67. The van der Waals surface area contributed by atoms with Gasteiger partial charge in [-0.2, -0.15) is 0 Å². The highest BCUT2D eigenvalue weighted by Crippen LogP contribution is 2.47. The zero-order valence-electron chi connectivity index (χ0n) is 21.6. The molecule has 1 aliphatic heterocycles. The molecule has 2 aromatic rings. The minimum atomic E-state index is -0.534. The Hall–Kier alpha value is -3.59. The van der Waals surface area contributed by atoms with Crippen molar-refractivity contribution in [2.45, 2.75) is 25.0 Å². The standard InChI is InChI=1S/C30H30FNO6/c1-34-17-27(35-2)29(36-3)21-10-22(31)13-23(11-21)37-15-18-6-7-24-20(9-18)12-25-26(16-38-30(25)33)28(24)19-5-4-8-32-14-19/h4-8,10-11,13-15,25,27,29H,9,12,16-17H2,1-3H3/t25?,27-,29+/m1/s1. The van der Waals surface area contributed by atoms with E-state index in [1.807, 2.05) is 30.5 Å². The maximum atomic E-state index is 14.5. The molecule has 3 atom stereocenters. The molecule has 1 saturated heterocycles. The Morgan fingerprint density at radius 2 is 2.05 bits per heavy atom. The number of halogens is 1. The van der Waals surface area contributed by atoms with Crippen LogP contribution in [-0.2, 0) is 23.7 Å². The van der Waals surface area contributed by atoms with Crippen LogP contribution in [0.25, 0.3) is 5.57 Å². The summed E-state index contributed by atoms with van der Waals surface area (Å²) in [6, 6.07) is 8.36. The summed E-state index contributed by atoms with van der Waals surface area (Å²) in [4.78, 5) is 16.8. The highest BCUT2D eigenvalue weighted by atomic mass is 19.1. The van der Waals surface area contributed by atoms with Crippen molar-refractivity contribution in [2.24, 2.45) is 5.92 Å². The summed E-state index contributed by atoms with van der Waals surface area (Å²) in [6.07, 6.45) is 9.48. The van der Waals surface area contributed by atoms with Gasteiger partial charge >= 0.3 is 5.97 Å². The Balaban J connectivity index is 1.39. The normalized spacial score (nSPS) is 21.3. The monoisotopic (exact) mass is 519 g/mol. The Morgan fingerprint density at radius 3 is 2.79 bits per heavy atom. The van der Waals surface area contributed by atoms with Crippen LogP contribution in [0.5, 0.6) is 5.75 Å². The van der Waals surface area contributed by atoms with Crippen molar-refractivity contribution < 1.29 is 32.9 Å². The average molecular weight is 520 g/mol. The highest BCUT2D eigenvalue weighted by Gasteiger charge is 2.39. The molecule has 2 heterocycles. The molecule has 1 aromatic carbocycles. The number of fused-ring (bicyclic) bond motifs is 1. The fourth-order valence-corrected chi connectivity index (χ4v) is 5.35. The minimum absolute atomic E-state index is 0.188. The van der Waals surface area contributed by atoms with Crippen LogP contribution >= 0.6 is 0 Å². The Labute approximate surface area is 221 Å². The molecule has 8 heteroatoms. The van der Waals surface area contributed by atoms with Gasteiger partial charge in [0.25, 0.3) is 0 Å². The van der Waals surface area contributed by atoms with Crippen LogP contribution in [0, 0.1) is 11.7 Å². The number of benzene rings is 1. The van der Waals surface area contributed by atoms with Gasteiger partial charge < -0.3 is 23.7 Å². The smallest absolute Gasteiger partial charge is 0.313 e. The number of carbonyl (C=O) groups is 1. The first kappa shape index (κ1) is 26.0. The summed E-state index contributed by atoms with van der Waals surface area (Å²) >= 11 is 0. The fourth-order valence-electron chi connectivity index (χ4n) is 5.35. The molecule has 0 spiro atoms. The lowest BCUT2D eigenvalue weighted by molar-refractivity contribution is -0.141. The van der Waals surface area contributed by atoms with Gasteiger partial charge in [0.2, 0.25) is 0 Å². The van der Waals surface area contributed by atoms with Crippen molar-refractivity contribution in [2.75, 3.05) is 34.5 Å². The molecular formula is C30H30FNO6. The fraction of sp³-hybridized carbons (Fsp3) is 0.333. The van der Waals surface area contributed by atoms with E-state index in [1.165, 1.54) is 12.1 Å². The van der Waals surface area contributed by atoms with Gasteiger partial charge in [-0.3, -0.25) is 9.78 Å². The lowest BCUT2D eigenvalue weighted by atomic mass is 9.74. The molecule has 7 nitrogen and oxygen atoms in total. The zero-order valence-corrected chi connectivity index (χ0v) is 21.6. The average Bonchev–Trinajstić information content (AvgIpc) is 3.30. The van der Waals surface area contributed by atoms with E-state index in [-0.39, 0.29) is 11.9 Å². The predicted molar refractivity (Wildman–Crippen MR) is 139 cm³/mol. The number of pyridine rings is 1. The van der Waals surface area contributed by atoms with Crippen LogP contribution in [0.4, 0.5) is 4.39 Å². The second-order valence-electron chi connectivity index (χ2n) is 9.45. The number of hydrogen-bond acceptors (Lipinski definition) is 7. The summed E-state index contributed by atoms with van der Waals surface area (Å²) in [5.74, 6) is -0.571. The number of esters is 1. The number of allylic oxidation sites excluding steroid dienone is 6. The van der Waals surface area contributed by atoms with Crippen molar-refractivity contribution in [3.63, 3.8) is 0 Å². The van der Waals surface area contributed by atoms with Crippen molar-refractivity contribution in [3.05, 3.63) is 100 Å². The SMILES string of the molecule is COC[C@@H](OC)[C@@H](OC)c1cc(F)cc(OC=C2C=CC3=C(C2)CC2C(=O)OCC2=C3c2cccnc2)c1. The number of nitrogens with zero attached hydrogens (tertiary/aromatic N) is 1. The van der Waals surface area contributed by atoms with Crippen molar-refractivity contribution in [1.29, 1.82) is 0 Å². The summed E-state index contributed by atoms with van der Waals surface area (Å²) in [6.45, 7) is 0.600. The summed E-state index contributed by atoms with van der Waals surface area (Å²) < 4.78 is 42.1. The molecule has 1 fully saturated rings. The second-order valence-corrected chi connectivity index (χ2v) is 9.45. The number of ether oxygens (including phenoxy) is 5. The van der Waals surface area contributed by atoms with Gasteiger partial charge in [-0.1, -0.05) is 23.8 Å². The van der Waals surface area contributed by atoms with Crippen LogP contribution in [0.2, 0.25) is 0 Å². The van der Waals surface area contributed by atoms with E-state index in [2.05, 4.69) is 4.98 Å². The molecule has 38 heavy (non-hydrogen) atoms. The maximum Gasteiger partial charge on any atom is 0.313 e. The molecule has 3 aliphatic rings. The highest BCUT2D eigenvalue weighted by molar-refractivity contribution is 5.94. The molecule has 2 aliphatic carbocycles. The number of cyclic esters (lactones) is 1. The molecule has 1 unspecified atom stereocenters. The third-order valence-electron chi connectivity index (χ3n) is 7.12. The number of hydrogen-bond donors (Lipinski definition) is 0. The van der Waals surface area contributed by atoms with Gasteiger partial charge in [0.1, 0.15) is 30.4 Å². The minimum Gasteiger partial charge on any atom is -0.465 e. The topological polar surface area (TPSA) is 76.1 Å². The maximum absolute atomic E-state index is 14.5. The van der Waals surface area contributed by atoms with Crippen molar-refractivity contribution in [3.8, 4) is 5.75 Å². The van der Waals surface area contributed by atoms with Crippen LogP contribution in [-0.4, -0.2) is 51.6 Å². The molecule has 198 valence electrons. The first-order valence-electron chi connectivity index (χ1n) is 12.4. The largest absolute Gasteiger partial charge is 0.465 e. The molecular weight excluding hydrogens is 489 g/mol. The van der Waals surface area contributed by atoms with Gasteiger partial charge in [0, 0.05) is 45.4 Å². The van der Waals surface area contributed by atoms with E-state index in [0.29, 0.717) is 37.4 Å². The predicted octanol–water partition coefficient (Wildman–Crippen LogP) is 5.12. The third kappa shape index (κ3) is 5.20. The van der Waals surface area contributed by atoms with E-state index < -0.39 is 18.0 Å². The third-order valence-corrected chi connectivity index (χ3v) is 7.12. The molecule has 5 rings (SSSR count). The van der Waals surface area contributed by atoms with E-state index in [1.54, 1.807) is 39.9 Å². The quantitative estimate of drug-likeness (QED) is 0.336. The molecule has 0 radical (unpaired) electrons.